The molecule has 0 bridgehead atoms. The Morgan fingerprint density at radius 1 is 1.21 bits per heavy atom. The van der Waals surface area contributed by atoms with Gasteiger partial charge >= 0.3 is 0 Å². The molecular formula is C17H27NO. The zero-order valence-corrected chi connectivity index (χ0v) is 12.3. The van der Waals surface area contributed by atoms with E-state index in [1.807, 2.05) is 0 Å². The van der Waals surface area contributed by atoms with Crippen molar-refractivity contribution in [1.82, 2.24) is 5.32 Å². The summed E-state index contributed by atoms with van der Waals surface area (Å²) < 4.78 is 5.62. The maximum atomic E-state index is 5.62. The molecule has 0 spiro atoms. The van der Waals surface area contributed by atoms with Gasteiger partial charge in [0.05, 0.1) is 6.61 Å². The second kappa shape index (κ2) is 7.66. The maximum absolute atomic E-state index is 5.62. The summed E-state index contributed by atoms with van der Waals surface area (Å²) in [5, 5.41) is 3.67. The summed E-state index contributed by atoms with van der Waals surface area (Å²) in [6.45, 7) is 7.03. The van der Waals surface area contributed by atoms with E-state index in [2.05, 4.69) is 43.4 Å². The van der Waals surface area contributed by atoms with Crippen molar-refractivity contribution in [3.63, 3.8) is 0 Å². The summed E-state index contributed by atoms with van der Waals surface area (Å²) >= 11 is 0. The molecule has 0 saturated heterocycles. The molecule has 0 radical (unpaired) electrons. The zero-order valence-electron chi connectivity index (χ0n) is 12.3. The van der Waals surface area contributed by atoms with E-state index in [1.165, 1.54) is 36.8 Å². The van der Waals surface area contributed by atoms with Crippen LogP contribution in [0.2, 0.25) is 0 Å². The molecule has 106 valence electrons. The Labute approximate surface area is 117 Å². The number of unbranched alkanes of at least 4 members (excludes halogenated alkanes) is 1. The summed E-state index contributed by atoms with van der Waals surface area (Å²) in [5.74, 6) is 0.832. The van der Waals surface area contributed by atoms with Crippen LogP contribution in [0.15, 0.2) is 24.3 Å². The molecule has 0 heterocycles. The molecule has 1 atom stereocenters. The van der Waals surface area contributed by atoms with Crippen molar-refractivity contribution < 1.29 is 4.74 Å². The number of benzene rings is 1. The smallest absolute Gasteiger partial charge is 0.0591 e. The number of hydrogen-bond acceptors (Lipinski definition) is 2. The van der Waals surface area contributed by atoms with Gasteiger partial charge in [-0.2, -0.15) is 0 Å². The van der Waals surface area contributed by atoms with Crippen LogP contribution in [0.25, 0.3) is 0 Å². The van der Waals surface area contributed by atoms with Crippen LogP contribution in [0.4, 0.5) is 0 Å². The first-order valence-electron chi connectivity index (χ1n) is 7.69. The first kappa shape index (κ1) is 14.5. The average molecular weight is 261 g/mol. The fraction of sp³-hybridized carbons (Fsp3) is 0.647. The van der Waals surface area contributed by atoms with Gasteiger partial charge in [-0.25, -0.2) is 0 Å². The molecule has 1 saturated carbocycles. The lowest BCUT2D eigenvalue weighted by Crippen LogP contribution is -2.27. The third-order valence-corrected chi connectivity index (χ3v) is 3.78. The van der Waals surface area contributed by atoms with E-state index in [0.717, 1.165) is 25.7 Å². The average Bonchev–Trinajstić information content (AvgIpc) is 3.24. The summed E-state index contributed by atoms with van der Waals surface area (Å²) in [6.07, 6.45) is 5.11. The Morgan fingerprint density at radius 3 is 2.58 bits per heavy atom. The van der Waals surface area contributed by atoms with E-state index in [9.17, 15) is 0 Å². The maximum Gasteiger partial charge on any atom is 0.0591 e. The summed E-state index contributed by atoms with van der Waals surface area (Å²) in [5.41, 5.74) is 2.77. The second-order valence-electron chi connectivity index (χ2n) is 5.65. The zero-order chi connectivity index (χ0) is 13.5. The molecule has 1 N–H and O–H groups in total. The van der Waals surface area contributed by atoms with Gasteiger partial charge in [0.1, 0.15) is 0 Å². The van der Waals surface area contributed by atoms with Gasteiger partial charge in [0.25, 0.3) is 0 Å². The van der Waals surface area contributed by atoms with Crippen LogP contribution in [0, 0.1) is 12.8 Å². The number of nitrogens with one attached hydrogen (secondary N) is 1. The molecule has 2 nitrogen and oxygen atoms in total. The van der Waals surface area contributed by atoms with Gasteiger partial charge in [-0.1, -0.05) is 43.2 Å². The summed E-state index contributed by atoms with van der Waals surface area (Å²) in [6, 6.07) is 9.48. The Morgan fingerprint density at radius 2 is 1.95 bits per heavy atom. The lowest BCUT2D eigenvalue weighted by Gasteiger charge is -2.19. The molecule has 19 heavy (non-hydrogen) atoms. The standard InChI is InChI=1S/C17H27NO/c1-3-4-12-19-13-11-18-17(16-9-10-16)15-7-5-14(2)6-8-15/h5-8,16-18H,3-4,9-13H2,1-2H3. The van der Waals surface area contributed by atoms with E-state index in [0.29, 0.717) is 6.04 Å². The van der Waals surface area contributed by atoms with Crippen molar-refractivity contribution in [1.29, 1.82) is 0 Å². The molecule has 2 heteroatoms. The molecule has 1 unspecified atom stereocenters. The first-order valence-corrected chi connectivity index (χ1v) is 7.69. The van der Waals surface area contributed by atoms with Crippen LogP contribution in [0.1, 0.15) is 49.8 Å². The Bertz CT molecular complexity index is 356. The monoisotopic (exact) mass is 261 g/mol. The molecule has 1 fully saturated rings. The SMILES string of the molecule is CCCCOCCNC(c1ccc(C)cc1)C1CC1. The largest absolute Gasteiger partial charge is 0.380 e. The van der Waals surface area contributed by atoms with Crippen LogP contribution < -0.4 is 5.32 Å². The summed E-state index contributed by atoms with van der Waals surface area (Å²) in [7, 11) is 0. The fourth-order valence-corrected chi connectivity index (χ4v) is 2.40. The van der Waals surface area contributed by atoms with Gasteiger partial charge in [-0.05, 0) is 37.7 Å². The van der Waals surface area contributed by atoms with Gasteiger partial charge in [0.15, 0.2) is 0 Å². The first-order chi connectivity index (χ1) is 9.31. The highest BCUT2D eigenvalue weighted by Crippen LogP contribution is 2.40. The van der Waals surface area contributed by atoms with Gasteiger partial charge < -0.3 is 10.1 Å². The number of rotatable bonds is 9. The Kier molecular flexibility index (Phi) is 5.87. The normalized spacial score (nSPS) is 16.5. The Hall–Kier alpha value is -0.860. The Balaban J connectivity index is 1.75. The van der Waals surface area contributed by atoms with Gasteiger partial charge in [0.2, 0.25) is 0 Å². The van der Waals surface area contributed by atoms with Crippen LogP contribution >= 0.6 is 0 Å². The minimum atomic E-state index is 0.523. The highest BCUT2D eigenvalue weighted by molar-refractivity contribution is 5.25. The van der Waals surface area contributed by atoms with Gasteiger partial charge in [-0.3, -0.25) is 0 Å². The number of hydrogen-bond donors (Lipinski definition) is 1. The van der Waals surface area contributed by atoms with Crippen LogP contribution in [-0.2, 0) is 4.74 Å². The molecule has 1 aromatic carbocycles. The van der Waals surface area contributed by atoms with Crippen molar-refractivity contribution >= 4 is 0 Å². The number of ether oxygens (including phenoxy) is 1. The molecular weight excluding hydrogens is 234 g/mol. The molecule has 1 aliphatic carbocycles. The fourth-order valence-electron chi connectivity index (χ4n) is 2.40. The van der Waals surface area contributed by atoms with Crippen LogP contribution in [0.5, 0.6) is 0 Å². The second-order valence-corrected chi connectivity index (χ2v) is 5.65. The third kappa shape index (κ3) is 4.96. The third-order valence-electron chi connectivity index (χ3n) is 3.78. The van der Waals surface area contributed by atoms with Crippen molar-refractivity contribution in [2.75, 3.05) is 19.8 Å². The quantitative estimate of drug-likeness (QED) is 0.682. The highest BCUT2D eigenvalue weighted by Gasteiger charge is 2.31. The summed E-state index contributed by atoms with van der Waals surface area (Å²) in [4.78, 5) is 0. The highest BCUT2D eigenvalue weighted by atomic mass is 16.5. The molecule has 1 aliphatic rings. The minimum absolute atomic E-state index is 0.523. The van der Waals surface area contributed by atoms with Crippen molar-refractivity contribution in [3.8, 4) is 0 Å². The van der Waals surface area contributed by atoms with Crippen molar-refractivity contribution in [2.24, 2.45) is 5.92 Å². The van der Waals surface area contributed by atoms with E-state index in [4.69, 9.17) is 4.74 Å². The predicted molar refractivity (Wildman–Crippen MR) is 80.4 cm³/mol. The van der Waals surface area contributed by atoms with E-state index < -0.39 is 0 Å². The van der Waals surface area contributed by atoms with E-state index in [1.54, 1.807) is 0 Å². The topological polar surface area (TPSA) is 21.3 Å². The molecule has 0 amide bonds. The van der Waals surface area contributed by atoms with Crippen molar-refractivity contribution in [3.05, 3.63) is 35.4 Å². The van der Waals surface area contributed by atoms with E-state index in [-0.39, 0.29) is 0 Å². The number of aryl methyl sites for hydroxylation is 1. The van der Waals surface area contributed by atoms with E-state index >= 15 is 0 Å². The van der Waals surface area contributed by atoms with Gasteiger partial charge in [-0.15, -0.1) is 0 Å². The van der Waals surface area contributed by atoms with Crippen LogP contribution in [0.3, 0.4) is 0 Å². The molecule has 0 aromatic heterocycles. The lowest BCUT2D eigenvalue weighted by atomic mass is 10.0. The van der Waals surface area contributed by atoms with Crippen molar-refractivity contribution in [2.45, 2.75) is 45.6 Å². The van der Waals surface area contributed by atoms with Gasteiger partial charge in [0, 0.05) is 19.2 Å². The molecule has 1 aromatic rings. The molecule has 2 rings (SSSR count). The lowest BCUT2D eigenvalue weighted by molar-refractivity contribution is 0.130. The van der Waals surface area contributed by atoms with Crippen LogP contribution in [-0.4, -0.2) is 19.8 Å². The minimum Gasteiger partial charge on any atom is -0.380 e. The predicted octanol–water partition coefficient (Wildman–Crippen LogP) is 3.85. The molecule has 0 aliphatic heterocycles.